The average Bonchev–Trinajstić information content (AvgIpc) is 2.01. The highest BCUT2D eigenvalue weighted by molar-refractivity contribution is 7.79. The summed E-state index contributed by atoms with van der Waals surface area (Å²) < 4.78 is 31.6. The van der Waals surface area contributed by atoms with Crippen LogP contribution in [0.25, 0.3) is 4.98 Å². The fraction of sp³-hybridized carbons (Fsp3) is 0.143. The molecule has 0 heterocycles. The third-order valence-corrected chi connectivity index (χ3v) is 1.51. The molecule has 0 atom stereocenters. The highest BCUT2D eigenvalue weighted by atomic mass is 35.5. The van der Waals surface area contributed by atoms with Crippen LogP contribution in [0.5, 0.6) is 0 Å². The molecule has 0 unspecified atom stereocenters. The van der Waals surface area contributed by atoms with Gasteiger partial charge in [-0.1, -0.05) is 17.7 Å². The smallest absolute Gasteiger partial charge is 0.264 e. The largest absolute Gasteiger partial charge is 0.403 e. The summed E-state index contributed by atoms with van der Waals surface area (Å²) in [7, 11) is -4.67. The van der Waals surface area contributed by atoms with Gasteiger partial charge in [0.1, 0.15) is 5.02 Å². The van der Waals surface area contributed by atoms with E-state index in [4.69, 9.17) is 34.5 Å². The van der Waals surface area contributed by atoms with Gasteiger partial charge in [-0.15, -0.1) is 0 Å². The van der Waals surface area contributed by atoms with Crippen molar-refractivity contribution in [3.05, 3.63) is 33.8 Å². The maximum atomic E-state index is 8.74. The lowest BCUT2D eigenvalue weighted by molar-refractivity contribution is 0.381. The summed E-state index contributed by atoms with van der Waals surface area (Å²) >= 11 is 5.68. The van der Waals surface area contributed by atoms with Gasteiger partial charge in [-0.2, -0.15) is 8.42 Å². The molecule has 0 aliphatic rings. The zero-order chi connectivity index (χ0) is 12.1. The van der Waals surface area contributed by atoms with Crippen molar-refractivity contribution in [1.29, 1.82) is 5.39 Å². The van der Waals surface area contributed by atoms with E-state index < -0.39 is 10.4 Å². The highest BCUT2D eigenvalue weighted by Gasteiger charge is 2.09. The number of aryl methyl sites for hydroxylation is 1. The van der Waals surface area contributed by atoms with Crippen LogP contribution >= 0.6 is 11.6 Å². The van der Waals surface area contributed by atoms with Crippen LogP contribution in [0.4, 0.5) is 5.69 Å². The van der Waals surface area contributed by atoms with Crippen LogP contribution in [0.1, 0.15) is 5.56 Å². The first-order valence-electron chi connectivity index (χ1n) is 3.55. The van der Waals surface area contributed by atoms with Crippen LogP contribution < -0.4 is 0 Å². The van der Waals surface area contributed by atoms with Gasteiger partial charge in [0, 0.05) is 6.07 Å². The molecule has 0 fully saturated rings. The third-order valence-electron chi connectivity index (χ3n) is 1.21. The molecule has 0 amide bonds. The third kappa shape index (κ3) is 7.84. The molecular weight excluding hydrogens is 244 g/mol. The van der Waals surface area contributed by atoms with E-state index >= 15 is 0 Å². The number of nitrogens with zero attached hydrogens (tertiary/aromatic N) is 2. The predicted octanol–water partition coefficient (Wildman–Crippen LogP) is 2.48. The summed E-state index contributed by atoms with van der Waals surface area (Å²) in [5, 5.41) is 8.82. The molecule has 0 bridgehead atoms. The molecule has 6 nitrogen and oxygen atoms in total. The summed E-state index contributed by atoms with van der Waals surface area (Å²) in [6.45, 7) is 1.92. The molecule has 1 aromatic carbocycles. The molecule has 0 aromatic heterocycles. The van der Waals surface area contributed by atoms with Crippen LogP contribution in [0.2, 0.25) is 5.02 Å². The van der Waals surface area contributed by atoms with Gasteiger partial charge < -0.3 is 0 Å². The molecule has 1 rings (SSSR count). The first kappa shape index (κ1) is 13.8. The second kappa shape index (κ2) is 5.63. The SMILES string of the molecule is Cc1ccc([N+]#N)c(Cl)c1.O=S(=O)(O)O. The lowest BCUT2D eigenvalue weighted by Gasteiger charge is -1.86. The standard InChI is InChI=1S/C7H6ClN2.H2O4S/c1-5-2-3-7(10-9)6(8)4-5;1-5(2,3)4/h2-4H,1H3;(H2,1,2,3,4)/q+1;. The van der Waals surface area contributed by atoms with E-state index in [1.807, 2.05) is 13.0 Å². The molecule has 0 aliphatic heterocycles. The van der Waals surface area contributed by atoms with Gasteiger partial charge in [-0.25, -0.2) is 0 Å². The quantitative estimate of drug-likeness (QED) is 0.545. The molecule has 15 heavy (non-hydrogen) atoms. The summed E-state index contributed by atoms with van der Waals surface area (Å²) in [6.07, 6.45) is 0. The first-order valence-corrected chi connectivity index (χ1v) is 5.32. The van der Waals surface area contributed by atoms with Crippen LogP contribution in [0.3, 0.4) is 0 Å². The Labute approximate surface area is 91.7 Å². The minimum absolute atomic E-state index is 0.410. The maximum absolute atomic E-state index is 8.74. The Hall–Kier alpha value is -1.20. The van der Waals surface area contributed by atoms with E-state index in [2.05, 4.69) is 4.98 Å². The minimum atomic E-state index is -4.67. The van der Waals surface area contributed by atoms with Crippen molar-refractivity contribution in [2.45, 2.75) is 6.92 Å². The Bertz CT molecular complexity index is 472. The molecule has 0 saturated carbocycles. The highest BCUT2D eigenvalue weighted by Crippen LogP contribution is 2.24. The van der Waals surface area contributed by atoms with Crippen molar-refractivity contribution in [2.75, 3.05) is 0 Å². The molecule has 1 aromatic rings. The Morgan fingerprint density at radius 2 is 1.87 bits per heavy atom. The van der Waals surface area contributed by atoms with Gasteiger partial charge in [0.2, 0.25) is 5.39 Å². The second-order valence-corrected chi connectivity index (χ2v) is 3.81. The Morgan fingerprint density at radius 1 is 1.40 bits per heavy atom. The molecule has 8 heteroatoms. The summed E-state index contributed by atoms with van der Waals surface area (Å²) in [6, 6.07) is 5.25. The van der Waals surface area contributed by atoms with Gasteiger partial charge in [0.25, 0.3) is 0 Å². The second-order valence-electron chi connectivity index (χ2n) is 2.50. The number of hydrogen-bond donors (Lipinski definition) is 2. The van der Waals surface area contributed by atoms with E-state index in [0.29, 0.717) is 10.7 Å². The van der Waals surface area contributed by atoms with Gasteiger partial charge in [0.05, 0.1) is 0 Å². The number of diazo groups is 1. The van der Waals surface area contributed by atoms with E-state index in [0.717, 1.165) is 5.56 Å². The van der Waals surface area contributed by atoms with Crippen molar-refractivity contribution < 1.29 is 17.5 Å². The van der Waals surface area contributed by atoms with E-state index in [1.165, 1.54) is 0 Å². The molecule has 82 valence electrons. The first-order chi connectivity index (χ1) is 6.74. The Kier molecular flexibility index (Phi) is 5.18. The fourth-order valence-electron chi connectivity index (χ4n) is 0.693. The van der Waals surface area contributed by atoms with Crippen molar-refractivity contribution in [2.24, 2.45) is 0 Å². The average molecular weight is 252 g/mol. The zero-order valence-electron chi connectivity index (χ0n) is 7.62. The number of rotatable bonds is 0. The lowest BCUT2D eigenvalue weighted by Crippen LogP contribution is -1.89. The summed E-state index contributed by atoms with van der Waals surface area (Å²) in [5.41, 5.74) is 1.46. The monoisotopic (exact) mass is 251 g/mol. The summed E-state index contributed by atoms with van der Waals surface area (Å²) in [5.74, 6) is 0. The fourth-order valence-corrected chi connectivity index (χ4v) is 0.966. The van der Waals surface area contributed by atoms with Crippen molar-refractivity contribution in [1.82, 2.24) is 0 Å². The number of benzene rings is 1. The number of hydrogen-bond acceptors (Lipinski definition) is 3. The Balaban J connectivity index is 0.000000336. The van der Waals surface area contributed by atoms with Crippen molar-refractivity contribution in [3.8, 4) is 0 Å². The molecule has 0 saturated heterocycles. The zero-order valence-corrected chi connectivity index (χ0v) is 9.20. The molecule has 2 N–H and O–H groups in total. The molecule has 0 aliphatic carbocycles. The topological polar surface area (TPSA) is 103 Å². The lowest BCUT2D eigenvalue weighted by atomic mass is 10.2. The predicted molar refractivity (Wildman–Crippen MR) is 55.1 cm³/mol. The molecular formula is C7H8ClN2O4S+. The van der Waals surface area contributed by atoms with Crippen molar-refractivity contribution >= 4 is 27.7 Å². The van der Waals surface area contributed by atoms with Crippen molar-refractivity contribution in [3.63, 3.8) is 0 Å². The van der Waals surface area contributed by atoms with Gasteiger partial charge in [-0.05, 0) is 18.6 Å². The molecule has 0 radical (unpaired) electrons. The summed E-state index contributed by atoms with van der Waals surface area (Å²) in [4.78, 5) is 2.98. The Morgan fingerprint density at radius 3 is 2.20 bits per heavy atom. The van der Waals surface area contributed by atoms with E-state index in [1.54, 1.807) is 12.1 Å². The normalized spacial score (nSPS) is 9.80. The van der Waals surface area contributed by atoms with E-state index in [-0.39, 0.29) is 0 Å². The minimum Gasteiger partial charge on any atom is -0.264 e. The van der Waals surface area contributed by atoms with Gasteiger partial charge in [0.15, 0.2) is 4.98 Å². The van der Waals surface area contributed by atoms with Crippen LogP contribution in [0, 0.1) is 12.3 Å². The van der Waals surface area contributed by atoms with Crippen LogP contribution in [0.15, 0.2) is 18.2 Å². The maximum Gasteiger partial charge on any atom is 0.403 e. The van der Waals surface area contributed by atoms with Crippen LogP contribution in [-0.2, 0) is 10.4 Å². The molecule has 0 spiro atoms. The van der Waals surface area contributed by atoms with Gasteiger partial charge in [-0.3, -0.25) is 9.11 Å². The van der Waals surface area contributed by atoms with Gasteiger partial charge >= 0.3 is 16.1 Å². The van der Waals surface area contributed by atoms with E-state index in [9.17, 15) is 0 Å². The van der Waals surface area contributed by atoms with Crippen LogP contribution in [-0.4, -0.2) is 17.5 Å². The number of halogens is 1.